The zero-order valence-electron chi connectivity index (χ0n) is 12.7. The standard InChI is InChI=1S/C17H17N3O2S/c1-12-4-6-14(7-5-12)20-11-13(9-16(20)21)17(22)19-18-10-15-3-2-8-23-15/h2-8,10,13H,9,11H2,1H3,(H,19,22)/b18-10+. The van der Waals surface area contributed by atoms with E-state index < -0.39 is 0 Å². The molecule has 2 heterocycles. The zero-order chi connectivity index (χ0) is 16.2. The largest absolute Gasteiger partial charge is 0.312 e. The first-order valence-electron chi connectivity index (χ1n) is 7.37. The van der Waals surface area contributed by atoms with E-state index in [0.717, 1.165) is 16.1 Å². The Balaban J connectivity index is 1.60. The van der Waals surface area contributed by atoms with Crippen LogP contribution in [0.4, 0.5) is 5.69 Å². The maximum Gasteiger partial charge on any atom is 0.245 e. The quantitative estimate of drug-likeness (QED) is 0.693. The monoisotopic (exact) mass is 327 g/mol. The van der Waals surface area contributed by atoms with E-state index in [1.807, 2.05) is 48.7 Å². The van der Waals surface area contributed by atoms with Gasteiger partial charge in [-0.2, -0.15) is 5.10 Å². The third-order valence-corrected chi connectivity index (χ3v) is 4.56. The van der Waals surface area contributed by atoms with Crippen molar-refractivity contribution in [2.45, 2.75) is 13.3 Å². The van der Waals surface area contributed by atoms with Crippen LogP contribution >= 0.6 is 11.3 Å². The highest BCUT2D eigenvalue weighted by atomic mass is 32.1. The number of hydrazone groups is 1. The number of benzene rings is 1. The van der Waals surface area contributed by atoms with Gasteiger partial charge >= 0.3 is 0 Å². The predicted molar refractivity (Wildman–Crippen MR) is 91.7 cm³/mol. The van der Waals surface area contributed by atoms with E-state index in [1.165, 1.54) is 0 Å². The van der Waals surface area contributed by atoms with Crippen molar-refractivity contribution in [1.82, 2.24) is 5.43 Å². The molecule has 0 bridgehead atoms. The van der Waals surface area contributed by atoms with Crippen molar-refractivity contribution in [3.05, 3.63) is 52.2 Å². The summed E-state index contributed by atoms with van der Waals surface area (Å²) in [5.74, 6) is -0.624. The molecule has 0 radical (unpaired) electrons. The zero-order valence-corrected chi connectivity index (χ0v) is 13.5. The highest BCUT2D eigenvalue weighted by molar-refractivity contribution is 7.11. The molecular weight excluding hydrogens is 310 g/mol. The van der Waals surface area contributed by atoms with E-state index in [9.17, 15) is 9.59 Å². The number of aryl methyl sites for hydroxylation is 1. The van der Waals surface area contributed by atoms with Crippen LogP contribution in [0, 0.1) is 12.8 Å². The summed E-state index contributed by atoms with van der Waals surface area (Å²) < 4.78 is 0. The molecule has 3 rings (SSSR count). The summed E-state index contributed by atoms with van der Waals surface area (Å²) in [5.41, 5.74) is 4.49. The van der Waals surface area contributed by atoms with Crippen molar-refractivity contribution in [1.29, 1.82) is 0 Å². The van der Waals surface area contributed by atoms with Gasteiger partial charge in [0.05, 0.1) is 12.1 Å². The first-order valence-corrected chi connectivity index (χ1v) is 8.25. The molecule has 0 saturated carbocycles. The van der Waals surface area contributed by atoms with Gasteiger partial charge in [0.1, 0.15) is 0 Å². The molecule has 23 heavy (non-hydrogen) atoms. The number of nitrogens with one attached hydrogen (secondary N) is 1. The molecule has 5 nitrogen and oxygen atoms in total. The smallest absolute Gasteiger partial charge is 0.245 e. The Morgan fingerprint density at radius 2 is 2.13 bits per heavy atom. The number of nitrogens with zero attached hydrogens (tertiary/aromatic N) is 2. The summed E-state index contributed by atoms with van der Waals surface area (Å²) in [7, 11) is 0. The number of rotatable bonds is 4. The molecule has 6 heteroatoms. The minimum atomic E-state index is -0.371. The van der Waals surface area contributed by atoms with Gasteiger partial charge in [-0.05, 0) is 30.5 Å². The summed E-state index contributed by atoms with van der Waals surface area (Å²) in [6, 6.07) is 11.6. The van der Waals surface area contributed by atoms with Gasteiger partial charge in [0, 0.05) is 23.5 Å². The number of hydrogen-bond donors (Lipinski definition) is 1. The fourth-order valence-electron chi connectivity index (χ4n) is 2.47. The molecule has 118 valence electrons. The van der Waals surface area contributed by atoms with Gasteiger partial charge in [-0.1, -0.05) is 23.8 Å². The lowest BCUT2D eigenvalue weighted by Gasteiger charge is -2.16. The molecule has 1 fully saturated rings. The van der Waals surface area contributed by atoms with Crippen molar-refractivity contribution in [3.8, 4) is 0 Å². The lowest BCUT2D eigenvalue weighted by molar-refractivity contribution is -0.126. The average molecular weight is 327 g/mol. The van der Waals surface area contributed by atoms with E-state index in [0.29, 0.717) is 6.54 Å². The van der Waals surface area contributed by atoms with Crippen LogP contribution in [0.5, 0.6) is 0 Å². The first kappa shape index (κ1) is 15.4. The minimum Gasteiger partial charge on any atom is -0.312 e. The van der Waals surface area contributed by atoms with E-state index in [2.05, 4.69) is 10.5 Å². The van der Waals surface area contributed by atoms with Crippen LogP contribution in [-0.2, 0) is 9.59 Å². The van der Waals surface area contributed by atoms with Crippen molar-refractivity contribution in [2.24, 2.45) is 11.0 Å². The number of amides is 2. The topological polar surface area (TPSA) is 61.8 Å². The summed E-state index contributed by atoms with van der Waals surface area (Å²) >= 11 is 1.54. The predicted octanol–water partition coefficient (Wildman–Crippen LogP) is 2.56. The number of carbonyl (C=O) groups excluding carboxylic acids is 2. The third-order valence-electron chi connectivity index (χ3n) is 3.75. The summed E-state index contributed by atoms with van der Waals surface area (Å²) in [6.45, 7) is 2.39. The van der Waals surface area contributed by atoms with Crippen LogP contribution in [0.15, 0.2) is 46.9 Å². The number of hydrogen-bond acceptors (Lipinski definition) is 4. The first-order chi connectivity index (χ1) is 11.1. The van der Waals surface area contributed by atoms with Gasteiger partial charge < -0.3 is 4.90 Å². The molecule has 1 N–H and O–H groups in total. The van der Waals surface area contributed by atoms with Crippen LogP contribution in [0.3, 0.4) is 0 Å². The minimum absolute atomic E-state index is 0.0313. The molecule has 0 spiro atoms. The Hall–Kier alpha value is -2.47. The third kappa shape index (κ3) is 3.65. The molecule has 2 amide bonds. The molecule has 0 aliphatic carbocycles. The Morgan fingerprint density at radius 1 is 1.35 bits per heavy atom. The van der Waals surface area contributed by atoms with Crippen molar-refractivity contribution < 1.29 is 9.59 Å². The van der Waals surface area contributed by atoms with E-state index in [1.54, 1.807) is 22.5 Å². The molecular formula is C17H17N3O2S. The molecule has 1 saturated heterocycles. The van der Waals surface area contributed by atoms with E-state index >= 15 is 0 Å². The molecule has 1 unspecified atom stereocenters. The SMILES string of the molecule is Cc1ccc(N2CC(C(=O)N/N=C/c3cccs3)CC2=O)cc1. The fraction of sp³-hybridized carbons (Fsp3) is 0.235. The molecule has 1 aliphatic heterocycles. The maximum absolute atomic E-state index is 12.2. The highest BCUT2D eigenvalue weighted by Crippen LogP contribution is 2.25. The summed E-state index contributed by atoms with van der Waals surface area (Å²) in [6.07, 6.45) is 1.82. The van der Waals surface area contributed by atoms with Crippen molar-refractivity contribution >= 4 is 35.1 Å². The number of thiophene rings is 1. The number of anilines is 1. The van der Waals surface area contributed by atoms with Crippen LogP contribution < -0.4 is 10.3 Å². The molecule has 1 aliphatic rings. The Kier molecular flexibility index (Phi) is 4.52. The molecule has 2 aromatic rings. The van der Waals surface area contributed by atoms with Crippen molar-refractivity contribution in [3.63, 3.8) is 0 Å². The van der Waals surface area contributed by atoms with Crippen molar-refractivity contribution in [2.75, 3.05) is 11.4 Å². The molecule has 1 atom stereocenters. The number of carbonyl (C=O) groups is 2. The summed E-state index contributed by atoms with van der Waals surface area (Å²) in [4.78, 5) is 26.9. The van der Waals surface area contributed by atoms with Crippen LogP contribution in [0.2, 0.25) is 0 Å². The van der Waals surface area contributed by atoms with Crippen LogP contribution in [0.25, 0.3) is 0 Å². The van der Waals surface area contributed by atoms with Gasteiger partial charge in [0.15, 0.2) is 0 Å². The average Bonchev–Trinajstić information content (AvgIpc) is 3.18. The van der Waals surface area contributed by atoms with Gasteiger partial charge in [0.2, 0.25) is 11.8 Å². The second kappa shape index (κ2) is 6.75. The van der Waals surface area contributed by atoms with E-state index in [-0.39, 0.29) is 24.2 Å². The summed E-state index contributed by atoms with van der Waals surface area (Å²) in [5, 5.41) is 5.89. The lowest BCUT2D eigenvalue weighted by atomic mass is 10.1. The Labute approximate surface area is 138 Å². The van der Waals surface area contributed by atoms with Gasteiger partial charge in [-0.15, -0.1) is 11.3 Å². The highest BCUT2D eigenvalue weighted by Gasteiger charge is 2.35. The van der Waals surface area contributed by atoms with E-state index in [4.69, 9.17) is 0 Å². The second-order valence-electron chi connectivity index (χ2n) is 5.49. The van der Waals surface area contributed by atoms with Gasteiger partial charge in [-0.3, -0.25) is 9.59 Å². The van der Waals surface area contributed by atoms with Gasteiger partial charge in [0.25, 0.3) is 0 Å². The molecule has 1 aromatic heterocycles. The van der Waals surface area contributed by atoms with Crippen LogP contribution in [0.1, 0.15) is 16.9 Å². The lowest BCUT2D eigenvalue weighted by Crippen LogP contribution is -2.30. The fourth-order valence-corrected chi connectivity index (χ4v) is 3.06. The second-order valence-corrected chi connectivity index (χ2v) is 6.47. The van der Waals surface area contributed by atoms with Crippen LogP contribution in [-0.4, -0.2) is 24.6 Å². The maximum atomic E-state index is 12.2. The normalized spacial score (nSPS) is 17.9. The van der Waals surface area contributed by atoms with Gasteiger partial charge in [-0.25, -0.2) is 5.43 Å². The Morgan fingerprint density at radius 3 is 2.83 bits per heavy atom. The Bertz CT molecular complexity index is 723. The molecule has 1 aromatic carbocycles.